The highest BCUT2D eigenvalue weighted by molar-refractivity contribution is 6.32. The molecule has 0 aliphatic carbocycles. The van der Waals surface area contributed by atoms with Crippen LogP contribution in [0, 0.1) is 0 Å². The molecule has 0 radical (unpaired) electrons. The van der Waals surface area contributed by atoms with Crippen molar-refractivity contribution in [3.63, 3.8) is 0 Å². The molecule has 0 saturated carbocycles. The Bertz CT molecular complexity index is 1310. The summed E-state index contributed by atoms with van der Waals surface area (Å²) in [4.78, 5) is 12.9. The van der Waals surface area contributed by atoms with Crippen LogP contribution in [0.2, 0.25) is 5.02 Å². The quantitative estimate of drug-likeness (QED) is 0.245. The number of hydrogen-bond donors (Lipinski definition) is 1. The van der Waals surface area contributed by atoms with Crippen LogP contribution in [0.4, 0.5) is 5.69 Å². The molecular weight excluding hydrogens is 478 g/mol. The van der Waals surface area contributed by atoms with E-state index in [1.54, 1.807) is 49.6 Å². The maximum atomic E-state index is 12.9. The summed E-state index contributed by atoms with van der Waals surface area (Å²) >= 11 is 6.49. The average molecular weight is 504 g/mol. The fourth-order valence-corrected chi connectivity index (χ4v) is 3.71. The molecule has 6 nitrogen and oxygen atoms in total. The highest BCUT2D eigenvalue weighted by Crippen LogP contribution is 2.37. The summed E-state index contributed by atoms with van der Waals surface area (Å²) in [7, 11) is 1.60. The number of carbonyl (C=O) groups excluding carboxylic acids is 1. The molecule has 0 saturated heterocycles. The molecule has 0 unspecified atom stereocenters. The summed E-state index contributed by atoms with van der Waals surface area (Å²) in [6.45, 7) is 2.59. The number of amides is 1. The SMILES string of the molecule is CCOc1cc(C(=O)Nc2ccc(Oc3cccc(OC)c3)cc2)cc(Cl)c1OCc1ccccc1. The predicted molar refractivity (Wildman–Crippen MR) is 141 cm³/mol. The standard InChI is InChI=1S/C29H26ClNO5/c1-3-34-27-17-21(16-26(30)28(27)35-19-20-8-5-4-6-9-20)29(32)31-22-12-14-23(15-13-22)36-25-11-7-10-24(18-25)33-2/h4-18H,3,19H2,1-2H3,(H,31,32). The first-order chi connectivity index (χ1) is 17.6. The lowest BCUT2D eigenvalue weighted by atomic mass is 10.1. The second-order valence-electron chi connectivity index (χ2n) is 7.75. The van der Waals surface area contributed by atoms with Crippen LogP contribution >= 0.6 is 11.6 Å². The first-order valence-corrected chi connectivity index (χ1v) is 11.8. The second-order valence-corrected chi connectivity index (χ2v) is 8.16. The van der Waals surface area contributed by atoms with E-state index in [9.17, 15) is 4.79 Å². The van der Waals surface area contributed by atoms with Gasteiger partial charge in [-0.3, -0.25) is 4.79 Å². The van der Waals surface area contributed by atoms with Gasteiger partial charge in [0.15, 0.2) is 11.5 Å². The van der Waals surface area contributed by atoms with Crippen molar-refractivity contribution in [1.82, 2.24) is 0 Å². The molecule has 0 bridgehead atoms. The third-order valence-corrected chi connectivity index (χ3v) is 5.47. The van der Waals surface area contributed by atoms with Crippen molar-refractivity contribution in [3.05, 3.63) is 107 Å². The number of benzene rings is 4. The predicted octanol–water partition coefficient (Wildman–Crippen LogP) is 7.37. The molecule has 0 aromatic heterocycles. The van der Waals surface area contributed by atoms with Gasteiger partial charge < -0.3 is 24.3 Å². The molecule has 1 N–H and O–H groups in total. The van der Waals surface area contributed by atoms with Crippen LogP contribution in [-0.2, 0) is 6.61 Å². The lowest BCUT2D eigenvalue weighted by molar-refractivity contribution is 0.102. The van der Waals surface area contributed by atoms with Crippen LogP contribution in [0.5, 0.6) is 28.7 Å². The summed E-state index contributed by atoms with van der Waals surface area (Å²) in [6.07, 6.45) is 0. The summed E-state index contributed by atoms with van der Waals surface area (Å²) in [5.74, 6) is 2.47. The number of nitrogens with one attached hydrogen (secondary N) is 1. The van der Waals surface area contributed by atoms with Gasteiger partial charge in [-0.1, -0.05) is 48.0 Å². The van der Waals surface area contributed by atoms with Gasteiger partial charge in [0.2, 0.25) is 0 Å². The van der Waals surface area contributed by atoms with Gasteiger partial charge in [0, 0.05) is 17.3 Å². The molecule has 0 atom stereocenters. The van der Waals surface area contributed by atoms with E-state index < -0.39 is 0 Å². The van der Waals surface area contributed by atoms with Crippen molar-refractivity contribution in [2.24, 2.45) is 0 Å². The molecule has 0 heterocycles. The van der Waals surface area contributed by atoms with Crippen molar-refractivity contribution in [1.29, 1.82) is 0 Å². The fourth-order valence-electron chi connectivity index (χ4n) is 3.44. The van der Waals surface area contributed by atoms with E-state index in [0.29, 0.717) is 58.2 Å². The number of ether oxygens (including phenoxy) is 4. The van der Waals surface area contributed by atoms with Gasteiger partial charge in [-0.05, 0) is 61.0 Å². The van der Waals surface area contributed by atoms with E-state index in [4.69, 9.17) is 30.5 Å². The Hall–Kier alpha value is -4.16. The molecule has 0 aliphatic heterocycles. The second kappa shape index (κ2) is 12.0. The number of anilines is 1. The summed E-state index contributed by atoms with van der Waals surface area (Å²) < 4.78 is 22.7. The summed E-state index contributed by atoms with van der Waals surface area (Å²) in [5.41, 5.74) is 1.96. The van der Waals surface area contributed by atoms with Gasteiger partial charge in [0.05, 0.1) is 18.7 Å². The van der Waals surface area contributed by atoms with E-state index >= 15 is 0 Å². The molecule has 36 heavy (non-hydrogen) atoms. The Morgan fingerprint density at radius 1 is 0.833 bits per heavy atom. The monoisotopic (exact) mass is 503 g/mol. The van der Waals surface area contributed by atoms with Crippen LogP contribution in [-0.4, -0.2) is 19.6 Å². The van der Waals surface area contributed by atoms with Gasteiger partial charge in [-0.25, -0.2) is 0 Å². The molecule has 4 aromatic rings. The van der Waals surface area contributed by atoms with E-state index in [1.807, 2.05) is 55.5 Å². The topological polar surface area (TPSA) is 66.0 Å². The Labute approximate surface area is 215 Å². The largest absolute Gasteiger partial charge is 0.497 e. The minimum absolute atomic E-state index is 0.295. The zero-order valence-corrected chi connectivity index (χ0v) is 20.7. The Kier molecular flexibility index (Phi) is 8.32. The van der Waals surface area contributed by atoms with Crippen molar-refractivity contribution in [2.75, 3.05) is 19.0 Å². The van der Waals surface area contributed by atoms with Crippen LogP contribution < -0.4 is 24.3 Å². The number of rotatable bonds is 10. The average Bonchev–Trinajstić information content (AvgIpc) is 2.90. The molecule has 1 amide bonds. The van der Waals surface area contributed by atoms with Crippen LogP contribution in [0.25, 0.3) is 0 Å². The highest BCUT2D eigenvalue weighted by atomic mass is 35.5. The highest BCUT2D eigenvalue weighted by Gasteiger charge is 2.17. The van der Waals surface area contributed by atoms with E-state index in [1.165, 1.54) is 0 Å². The van der Waals surface area contributed by atoms with Crippen LogP contribution in [0.1, 0.15) is 22.8 Å². The number of halogens is 1. The lowest BCUT2D eigenvalue weighted by Gasteiger charge is -2.15. The van der Waals surface area contributed by atoms with Crippen LogP contribution in [0.15, 0.2) is 91.0 Å². The van der Waals surface area contributed by atoms with Gasteiger partial charge in [-0.2, -0.15) is 0 Å². The van der Waals surface area contributed by atoms with E-state index in [0.717, 1.165) is 5.56 Å². The Morgan fingerprint density at radius 3 is 2.31 bits per heavy atom. The Balaban J connectivity index is 1.44. The zero-order valence-electron chi connectivity index (χ0n) is 20.0. The van der Waals surface area contributed by atoms with E-state index in [2.05, 4.69) is 5.32 Å². The molecular formula is C29H26ClNO5. The maximum absolute atomic E-state index is 12.9. The first-order valence-electron chi connectivity index (χ1n) is 11.4. The molecule has 4 rings (SSSR count). The Morgan fingerprint density at radius 2 is 1.58 bits per heavy atom. The summed E-state index contributed by atoms with van der Waals surface area (Å²) in [6, 6.07) is 27.3. The lowest BCUT2D eigenvalue weighted by Crippen LogP contribution is -2.12. The minimum atomic E-state index is -0.325. The fraction of sp³-hybridized carbons (Fsp3) is 0.138. The van der Waals surface area contributed by atoms with Crippen LogP contribution in [0.3, 0.4) is 0 Å². The number of hydrogen-bond acceptors (Lipinski definition) is 5. The minimum Gasteiger partial charge on any atom is -0.497 e. The van der Waals surface area contributed by atoms with Crippen molar-refractivity contribution < 1.29 is 23.7 Å². The normalized spacial score (nSPS) is 10.4. The smallest absolute Gasteiger partial charge is 0.255 e. The van der Waals surface area contributed by atoms with Gasteiger partial charge in [-0.15, -0.1) is 0 Å². The van der Waals surface area contributed by atoms with Gasteiger partial charge in [0.25, 0.3) is 5.91 Å². The zero-order chi connectivity index (χ0) is 25.3. The van der Waals surface area contributed by atoms with E-state index in [-0.39, 0.29) is 5.91 Å². The first kappa shape index (κ1) is 24.9. The molecule has 0 aliphatic rings. The molecule has 4 aromatic carbocycles. The van der Waals surface area contributed by atoms with Crippen molar-refractivity contribution in [3.8, 4) is 28.7 Å². The number of methoxy groups -OCH3 is 1. The summed E-state index contributed by atoms with van der Waals surface area (Å²) in [5, 5.41) is 3.17. The van der Waals surface area contributed by atoms with Gasteiger partial charge in [0.1, 0.15) is 23.9 Å². The number of carbonyl (C=O) groups is 1. The maximum Gasteiger partial charge on any atom is 0.255 e. The van der Waals surface area contributed by atoms with Gasteiger partial charge >= 0.3 is 0 Å². The third kappa shape index (κ3) is 6.49. The molecule has 0 spiro atoms. The molecule has 0 fully saturated rings. The molecule has 7 heteroatoms. The molecule has 184 valence electrons. The van der Waals surface area contributed by atoms with Crippen molar-refractivity contribution >= 4 is 23.2 Å². The van der Waals surface area contributed by atoms with Crippen molar-refractivity contribution in [2.45, 2.75) is 13.5 Å². The third-order valence-electron chi connectivity index (χ3n) is 5.19.